The normalized spacial score (nSPS) is 12.8. The number of rotatable bonds is 5. The quantitative estimate of drug-likeness (QED) is 0.319. The Balaban J connectivity index is 1.65. The Morgan fingerprint density at radius 2 is 1.49 bits per heavy atom. The zero-order valence-corrected chi connectivity index (χ0v) is 19.9. The molecule has 0 fully saturated rings. The van der Waals surface area contributed by atoms with Crippen molar-refractivity contribution in [3.8, 4) is 0 Å². The van der Waals surface area contributed by atoms with Crippen LogP contribution in [-0.2, 0) is 10.0 Å². The monoisotopic (exact) mass is 477 g/mol. The van der Waals surface area contributed by atoms with Crippen molar-refractivity contribution in [2.75, 3.05) is 0 Å². The third-order valence-electron chi connectivity index (χ3n) is 6.49. The number of hydrogen-bond acceptors (Lipinski definition) is 3. The number of para-hydroxylation sites is 1. The van der Waals surface area contributed by atoms with Crippen LogP contribution < -0.4 is 0 Å². The van der Waals surface area contributed by atoms with E-state index in [1.165, 1.54) is 3.97 Å². The SMILES string of the molecule is Cc1ccc(S(=O)(=O)n2c3ccccc3c3ccc(C(c4ccccc4)c4c[nH]cn4)cc32)cc1. The third kappa shape index (κ3) is 3.54. The van der Waals surface area contributed by atoms with Crippen LogP contribution >= 0.6 is 0 Å². The van der Waals surface area contributed by atoms with E-state index in [0.29, 0.717) is 11.0 Å². The minimum atomic E-state index is -3.83. The van der Waals surface area contributed by atoms with Crippen LogP contribution in [0.5, 0.6) is 0 Å². The predicted molar refractivity (Wildman–Crippen MR) is 139 cm³/mol. The fourth-order valence-corrected chi connectivity index (χ4v) is 6.33. The molecule has 4 aromatic carbocycles. The van der Waals surface area contributed by atoms with E-state index in [1.807, 2.05) is 79.9 Å². The van der Waals surface area contributed by atoms with Crippen molar-refractivity contribution < 1.29 is 8.42 Å². The molecule has 0 amide bonds. The Morgan fingerprint density at radius 3 is 2.23 bits per heavy atom. The van der Waals surface area contributed by atoms with Crippen molar-refractivity contribution in [1.82, 2.24) is 13.9 Å². The Labute approximate surface area is 203 Å². The van der Waals surface area contributed by atoms with Crippen molar-refractivity contribution in [3.63, 3.8) is 0 Å². The number of benzene rings is 4. The molecule has 1 N–H and O–H groups in total. The first-order valence-electron chi connectivity index (χ1n) is 11.4. The average molecular weight is 478 g/mol. The van der Waals surface area contributed by atoms with Crippen molar-refractivity contribution in [2.24, 2.45) is 0 Å². The van der Waals surface area contributed by atoms with Gasteiger partial charge in [0.2, 0.25) is 0 Å². The molecular weight excluding hydrogens is 454 g/mol. The summed E-state index contributed by atoms with van der Waals surface area (Å²) in [7, 11) is -3.83. The van der Waals surface area contributed by atoms with E-state index in [9.17, 15) is 8.42 Å². The average Bonchev–Trinajstić information content (AvgIpc) is 3.51. The summed E-state index contributed by atoms with van der Waals surface area (Å²) in [6.45, 7) is 1.95. The lowest BCUT2D eigenvalue weighted by molar-refractivity contribution is 0.590. The highest BCUT2D eigenvalue weighted by atomic mass is 32.2. The molecule has 0 spiro atoms. The number of aromatic nitrogens is 3. The van der Waals surface area contributed by atoms with E-state index in [0.717, 1.165) is 33.2 Å². The number of nitrogens with one attached hydrogen (secondary N) is 1. The summed E-state index contributed by atoms with van der Waals surface area (Å²) in [5, 5.41) is 1.80. The lowest BCUT2D eigenvalue weighted by Crippen LogP contribution is -2.13. The van der Waals surface area contributed by atoms with Gasteiger partial charge in [-0.25, -0.2) is 17.4 Å². The summed E-state index contributed by atoms with van der Waals surface area (Å²) in [6, 6.07) is 30.9. The van der Waals surface area contributed by atoms with Gasteiger partial charge in [-0.15, -0.1) is 0 Å². The van der Waals surface area contributed by atoms with E-state index in [1.54, 1.807) is 18.5 Å². The van der Waals surface area contributed by atoms with Gasteiger partial charge in [0.25, 0.3) is 10.0 Å². The number of H-pyrrole nitrogens is 1. The molecule has 0 saturated heterocycles. The second-order valence-corrected chi connectivity index (χ2v) is 10.5. The fourth-order valence-electron chi connectivity index (χ4n) is 4.82. The molecule has 6 aromatic rings. The summed E-state index contributed by atoms with van der Waals surface area (Å²) in [5.74, 6) is -0.139. The smallest absolute Gasteiger partial charge is 0.268 e. The van der Waals surface area contributed by atoms with Crippen LogP contribution in [0.15, 0.2) is 114 Å². The Bertz CT molecular complexity index is 1750. The maximum Gasteiger partial charge on any atom is 0.268 e. The minimum Gasteiger partial charge on any atom is -0.351 e. The van der Waals surface area contributed by atoms with Gasteiger partial charge in [0.1, 0.15) is 0 Å². The first-order chi connectivity index (χ1) is 17.0. The first kappa shape index (κ1) is 21.4. The van der Waals surface area contributed by atoms with Crippen LogP contribution in [0.4, 0.5) is 0 Å². The molecule has 1 atom stereocenters. The van der Waals surface area contributed by atoms with E-state index >= 15 is 0 Å². The molecule has 0 aliphatic carbocycles. The molecule has 2 aromatic heterocycles. The maximum absolute atomic E-state index is 14.0. The zero-order chi connectivity index (χ0) is 24.0. The van der Waals surface area contributed by atoms with Gasteiger partial charge in [-0.2, -0.15) is 0 Å². The van der Waals surface area contributed by atoms with Gasteiger partial charge in [-0.1, -0.05) is 78.4 Å². The first-order valence-corrected chi connectivity index (χ1v) is 12.9. The molecule has 0 bridgehead atoms. The summed E-state index contributed by atoms with van der Waals surface area (Å²) in [5.41, 5.74) is 5.26. The van der Waals surface area contributed by atoms with Gasteiger partial charge in [-0.3, -0.25) is 0 Å². The van der Waals surface area contributed by atoms with Crippen LogP contribution in [0.25, 0.3) is 21.8 Å². The minimum absolute atomic E-state index is 0.139. The molecular formula is C29H23N3O2S. The number of aryl methyl sites for hydroxylation is 1. The second kappa shape index (κ2) is 8.25. The van der Waals surface area contributed by atoms with Crippen LogP contribution in [-0.4, -0.2) is 22.4 Å². The van der Waals surface area contributed by atoms with Gasteiger partial charge >= 0.3 is 0 Å². The summed E-state index contributed by atoms with van der Waals surface area (Å²) < 4.78 is 29.4. The molecule has 0 saturated carbocycles. The molecule has 35 heavy (non-hydrogen) atoms. The molecule has 5 nitrogen and oxygen atoms in total. The van der Waals surface area contributed by atoms with Crippen molar-refractivity contribution in [3.05, 3.63) is 132 Å². The van der Waals surface area contributed by atoms with Crippen molar-refractivity contribution >= 4 is 31.8 Å². The van der Waals surface area contributed by atoms with Gasteiger partial charge in [0.05, 0.1) is 33.9 Å². The van der Waals surface area contributed by atoms with Gasteiger partial charge < -0.3 is 4.98 Å². The van der Waals surface area contributed by atoms with E-state index in [4.69, 9.17) is 0 Å². The number of nitrogens with zero attached hydrogens (tertiary/aromatic N) is 2. The van der Waals surface area contributed by atoms with Gasteiger partial charge in [0, 0.05) is 17.0 Å². The standard InChI is InChI=1S/C29H23N3O2S/c1-20-11-14-23(15-12-20)35(33,34)32-27-10-6-5-9-24(27)25-16-13-22(17-28(25)32)29(26-18-30-19-31-26)21-7-3-2-4-8-21/h2-19,29H,1H3,(H,30,31). The molecule has 6 heteroatoms. The summed E-state index contributed by atoms with van der Waals surface area (Å²) >= 11 is 0. The molecule has 2 heterocycles. The second-order valence-electron chi connectivity index (χ2n) is 8.71. The number of aromatic amines is 1. The van der Waals surface area contributed by atoms with E-state index in [2.05, 4.69) is 28.2 Å². The topological polar surface area (TPSA) is 67.8 Å². The molecule has 0 aliphatic rings. The van der Waals surface area contributed by atoms with E-state index in [-0.39, 0.29) is 10.8 Å². The molecule has 6 rings (SSSR count). The van der Waals surface area contributed by atoms with Crippen LogP contribution in [0.3, 0.4) is 0 Å². The van der Waals surface area contributed by atoms with Gasteiger partial charge in [0.15, 0.2) is 0 Å². The molecule has 1 unspecified atom stereocenters. The maximum atomic E-state index is 14.0. The lowest BCUT2D eigenvalue weighted by Gasteiger charge is -2.17. The van der Waals surface area contributed by atoms with Gasteiger partial charge in [-0.05, 0) is 42.3 Å². The fraction of sp³-hybridized carbons (Fsp3) is 0.0690. The predicted octanol–water partition coefficient (Wildman–Crippen LogP) is 6.24. The van der Waals surface area contributed by atoms with Crippen LogP contribution in [0.1, 0.15) is 28.3 Å². The lowest BCUT2D eigenvalue weighted by atomic mass is 9.88. The third-order valence-corrected chi connectivity index (χ3v) is 8.24. The highest BCUT2D eigenvalue weighted by molar-refractivity contribution is 7.90. The Hall–Kier alpha value is -4.16. The van der Waals surface area contributed by atoms with E-state index < -0.39 is 10.0 Å². The molecule has 0 radical (unpaired) electrons. The number of imidazole rings is 1. The number of hydrogen-bond donors (Lipinski definition) is 1. The van der Waals surface area contributed by atoms with Crippen molar-refractivity contribution in [1.29, 1.82) is 0 Å². The number of fused-ring (bicyclic) bond motifs is 3. The summed E-state index contributed by atoms with van der Waals surface area (Å²) in [4.78, 5) is 7.86. The summed E-state index contributed by atoms with van der Waals surface area (Å²) in [6.07, 6.45) is 3.56. The Kier molecular flexibility index (Phi) is 5.04. The highest BCUT2D eigenvalue weighted by Gasteiger charge is 2.25. The Morgan fingerprint density at radius 1 is 0.771 bits per heavy atom. The molecule has 0 aliphatic heterocycles. The highest BCUT2D eigenvalue weighted by Crippen LogP contribution is 2.37. The van der Waals surface area contributed by atoms with Crippen LogP contribution in [0, 0.1) is 6.92 Å². The van der Waals surface area contributed by atoms with Crippen molar-refractivity contribution in [2.45, 2.75) is 17.7 Å². The largest absolute Gasteiger partial charge is 0.351 e. The van der Waals surface area contributed by atoms with Crippen LogP contribution in [0.2, 0.25) is 0 Å². The molecule has 172 valence electrons. The zero-order valence-electron chi connectivity index (χ0n) is 19.1.